The first-order chi connectivity index (χ1) is 11.0. The Morgan fingerprint density at radius 3 is 2.26 bits per heavy atom. The summed E-state index contributed by atoms with van der Waals surface area (Å²) in [7, 11) is 0. The third-order valence-electron chi connectivity index (χ3n) is 4.30. The van der Waals surface area contributed by atoms with Crippen molar-refractivity contribution < 1.29 is 18.1 Å². The number of para-hydroxylation sites is 1. The monoisotopic (exact) mass is 321 g/mol. The lowest BCUT2D eigenvalue weighted by Crippen LogP contribution is -3.13. The van der Waals surface area contributed by atoms with Crippen LogP contribution in [0.5, 0.6) is 0 Å². The van der Waals surface area contributed by atoms with Gasteiger partial charge in [-0.15, -0.1) is 0 Å². The lowest BCUT2D eigenvalue weighted by atomic mass is 10.1. The molecule has 1 N–H and O–H groups in total. The third-order valence-corrected chi connectivity index (χ3v) is 4.30. The highest BCUT2D eigenvalue weighted by atomic mass is 19.4. The second-order valence-electron chi connectivity index (χ2n) is 5.95. The molecule has 0 aliphatic carbocycles. The van der Waals surface area contributed by atoms with Crippen LogP contribution in [0.3, 0.4) is 0 Å². The van der Waals surface area contributed by atoms with Gasteiger partial charge in [0.25, 0.3) is 0 Å². The summed E-state index contributed by atoms with van der Waals surface area (Å²) in [5.74, 6) is 0. The van der Waals surface area contributed by atoms with Crippen LogP contribution in [0.25, 0.3) is 0 Å². The predicted molar refractivity (Wildman–Crippen MR) is 84.5 cm³/mol. The minimum absolute atomic E-state index is 0.558. The van der Waals surface area contributed by atoms with Gasteiger partial charge in [0.1, 0.15) is 6.54 Å². The Morgan fingerprint density at radius 2 is 1.61 bits per heavy atom. The van der Waals surface area contributed by atoms with Crippen molar-refractivity contribution >= 4 is 5.69 Å². The number of hydrogen-bond acceptors (Lipinski definition) is 1. The molecule has 1 saturated heterocycles. The SMILES string of the molecule is FC(F)(F)c1cccc(C[NH+]2CCN(c3ccccc3)CC2)c1. The Hall–Kier alpha value is -2.01. The van der Waals surface area contributed by atoms with E-state index >= 15 is 0 Å². The van der Waals surface area contributed by atoms with Gasteiger partial charge in [0.15, 0.2) is 0 Å². The predicted octanol–water partition coefficient (Wildman–Crippen LogP) is 2.61. The van der Waals surface area contributed by atoms with Gasteiger partial charge in [0.05, 0.1) is 31.7 Å². The first-order valence-corrected chi connectivity index (χ1v) is 7.82. The Morgan fingerprint density at radius 1 is 0.913 bits per heavy atom. The van der Waals surface area contributed by atoms with Gasteiger partial charge in [-0.3, -0.25) is 0 Å². The molecule has 1 aliphatic heterocycles. The molecule has 0 unspecified atom stereocenters. The molecule has 0 saturated carbocycles. The van der Waals surface area contributed by atoms with Crippen molar-refractivity contribution in [3.63, 3.8) is 0 Å². The first kappa shape index (κ1) is 15.9. The minimum Gasteiger partial charge on any atom is -0.360 e. The molecule has 1 aliphatic rings. The fraction of sp³-hybridized carbons (Fsp3) is 0.333. The number of hydrogen-bond donors (Lipinski definition) is 1. The molecule has 2 aromatic carbocycles. The minimum atomic E-state index is -4.27. The van der Waals surface area contributed by atoms with E-state index in [0.717, 1.165) is 37.8 Å². The van der Waals surface area contributed by atoms with Gasteiger partial charge in [-0.1, -0.05) is 30.3 Å². The lowest BCUT2D eigenvalue weighted by molar-refractivity contribution is -0.914. The van der Waals surface area contributed by atoms with Gasteiger partial charge in [-0.2, -0.15) is 13.2 Å². The molecule has 3 rings (SSSR count). The van der Waals surface area contributed by atoms with Crippen molar-refractivity contribution in [1.82, 2.24) is 0 Å². The summed E-state index contributed by atoms with van der Waals surface area (Å²) in [5.41, 5.74) is 1.41. The van der Waals surface area contributed by atoms with E-state index in [1.165, 1.54) is 22.7 Å². The molecular weight excluding hydrogens is 301 g/mol. The van der Waals surface area contributed by atoms with Crippen LogP contribution in [0.2, 0.25) is 0 Å². The van der Waals surface area contributed by atoms with Crippen molar-refractivity contribution in [1.29, 1.82) is 0 Å². The van der Waals surface area contributed by atoms with E-state index in [-0.39, 0.29) is 0 Å². The van der Waals surface area contributed by atoms with E-state index in [1.54, 1.807) is 6.07 Å². The molecule has 5 heteroatoms. The van der Waals surface area contributed by atoms with E-state index in [0.29, 0.717) is 6.54 Å². The zero-order valence-electron chi connectivity index (χ0n) is 12.8. The Labute approximate surface area is 134 Å². The molecule has 1 fully saturated rings. The molecule has 0 radical (unpaired) electrons. The fourth-order valence-electron chi connectivity index (χ4n) is 3.04. The van der Waals surface area contributed by atoms with Gasteiger partial charge in [-0.25, -0.2) is 0 Å². The molecule has 0 bridgehead atoms. The summed E-state index contributed by atoms with van der Waals surface area (Å²) in [6.07, 6.45) is -4.27. The third kappa shape index (κ3) is 4.05. The number of benzene rings is 2. The van der Waals surface area contributed by atoms with Crippen LogP contribution in [0.15, 0.2) is 54.6 Å². The molecule has 23 heavy (non-hydrogen) atoms. The molecule has 0 spiro atoms. The smallest absolute Gasteiger partial charge is 0.360 e. The first-order valence-electron chi connectivity index (χ1n) is 7.82. The van der Waals surface area contributed by atoms with Crippen LogP contribution < -0.4 is 9.80 Å². The van der Waals surface area contributed by atoms with Crippen molar-refractivity contribution in [2.45, 2.75) is 12.7 Å². The van der Waals surface area contributed by atoms with Crippen molar-refractivity contribution in [2.75, 3.05) is 31.1 Å². The number of rotatable bonds is 3. The second kappa shape index (κ2) is 6.62. The number of anilines is 1. The summed E-state index contributed by atoms with van der Waals surface area (Å²) in [5, 5.41) is 0. The number of piperazine rings is 1. The highest BCUT2D eigenvalue weighted by molar-refractivity contribution is 5.46. The standard InChI is InChI=1S/C18H19F3N2/c19-18(20,21)16-6-4-5-15(13-16)14-22-9-11-23(12-10-22)17-7-2-1-3-8-17/h1-8,13H,9-12,14H2/p+1. The van der Waals surface area contributed by atoms with Crippen LogP contribution in [-0.4, -0.2) is 26.2 Å². The zero-order chi connectivity index (χ0) is 16.3. The van der Waals surface area contributed by atoms with Crippen LogP contribution >= 0.6 is 0 Å². The summed E-state index contributed by atoms with van der Waals surface area (Å²) in [6.45, 7) is 4.37. The van der Waals surface area contributed by atoms with Crippen molar-refractivity contribution in [3.8, 4) is 0 Å². The van der Waals surface area contributed by atoms with E-state index in [2.05, 4.69) is 17.0 Å². The molecule has 122 valence electrons. The maximum atomic E-state index is 12.8. The highest BCUT2D eigenvalue weighted by Gasteiger charge is 2.30. The van der Waals surface area contributed by atoms with Crippen LogP contribution in [-0.2, 0) is 12.7 Å². The maximum absolute atomic E-state index is 12.8. The highest BCUT2D eigenvalue weighted by Crippen LogP contribution is 2.29. The Kier molecular flexibility index (Phi) is 4.57. The zero-order valence-corrected chi connectivity index (χ0v) is 12.8. The quantitative estimate of drug-likeness (QED) is 0.913. The van der Waals surface area contributed by atoms with Crippen LogP contribution in [0.4, 0.5) is 18.9 Å². The van der Waals surface area contributed by atoms with Crippen LogP contribution in [0, 0.1) is 0 Å². The average molecular weight is 321 g/mol. The van der Waals surface area contributed by atoms with Crippen LogP contribution in [0.1, 0.15) is 11.1 Å². The van der Waals surface area contributed by atoms with E-state index < -0.39 is 11.7 Å². The second-order valence-corrected chi connectivity index (χ2v) is 5.95. The molecular formula is C18H20F3N2+. The number of halogens is 3. The van der Waals surface area contributed by atoms with Gasteiger partial charge >= 0.3 is 6.18 Å². The maximum Gasteiger partial charge on any atom is 0.416 e. The summed E-state index contributed by atoms with van der Waals surface area (Å²) >= 11 is 0. The van der Waals surface area contributed by atoms with E-state index in [9.17, 15) is 13.2 Å². The molecule has 1 heterocycles. The van der Waals surface area contributed by atoms with Crippen molar-refractivity contribution in [3.05, 3.63) is 65.7 Å². The Bertz CT molecular complexity index is 632. The molecule has 0 atom stereocenters. The van der Waals surface area contributed by atoms with E-state index in [4.69, 9.17) is 0 Å². The van der Waals surface area contributed by atoms with Gasteiger partial charge in [-0.05, 0) is 24.3 Å². The van der Waals surface area contributed by atoms with Gasteiger partial charge in [0, 0.05) is 11.3 Å². The Balaban J connectivity index is 1.59. The summed E-state index contributed by atoms with van der Waals surface area (Å²) < 4.78 is 38.3. The molecule has 0 amide bonds. The normalized spacial score (nSPS) is 16.6. The number of nitrogens with one attached hydrogen (secondary N) is 1. The van der Waals surface area contributed by atoms with E-state index in [1.807, 2.05) is 18.2 Å². The number of alkyl halides is 3. The van der Waals surface area contributed by atoms with Gasteiger partial charge in [0.2, 0.25) is 0 Å². The number of nitrogens with zero attached hydrogens (tertiary/aromatic N) is 1. The number of quaternary nitrogens is 1. The lowest BCUT2D eigenvalue weighted by Gasteiger charge is -2.33. The van der Waals surface area contributed by atoms with Gasteiger partial charge < -0.3 is 9.80 Å². The topological polar surface area (TPSA) is 7.68 Å². The largest absolute Gasteiger partial charge is 0.416 e. The average Bonchev–Trinajstić information content (AvgIpc) is 2.56. The fourth-order valence-corrected chi connectivity index (χ4v) is 3.04. The molecule has 2 nitrogen and oxygen atoms in total. The van der Waals surface area contributed by atoms with Crippen molar-refractivity contribution in [2.24, 2.45) is 0 Å². The summed E-state index contributed by atoms with van der Waals surface area (Å²) in [6, 6.07) is 15.9. The molecule has 2 aromatic rings. The molecule has 0 aromatic heterocycles. The summed E-state index contributed by atoms with van der Waals surface area (Å²) in [4.78, 5) is 3.66.